The molecule has 1 fully saturated rings. The number of H-pyrrole nitrogens is 1. The van der Waals surface area contributed by atoms with Crippen LogP contribution in [0.3, 0.4) is 0 Å². The molecule has 2 heterocycles. The van der Waals surface area contributed by atoms with Gasteiger partial charge in [-0.05, 0) is 38.3 Å². The minimum atomic E-state index is -3.40. The van der Waals surface area contributed by atoms with Crippen LogP contribution in [0.25, 0.3) is 10.9 Å². The van der Waals surface area contributed by atoms with E-state index in [-0.39, 0.29) is 24.1 Å². The number of nitrogens with one attached hydrogen (secondary N) is 2. The van der Waals surface area contributed by atoms with Crippen LogP contribution in [-0.4, -0.2) is 67.0 Å². The molecule has 1 aliphatic heterocycles. The number of carbonyl (C=O) groups is 3. The molecule has 30 heavy (non-hydrogen) atoms. The molecule has 9 heteroatoms. The van der Waals surface area contributed by atoms with Gasteiger partial charge in [0.1, 0.15) is 17.5 Å². The third kappa shape index (κ3) is 4.89. The Morgan fingerprint density at radius 3 is 2.63 bits per heavy atom. The summed E-state index contributed by atoms with van der Waals surface area (Å²) in [5.74, 6) is -2.01. The summed E-state index contributed by atoms with van der Waals surface area (Å²) in [4.78, 5) is 42.5. The van der Waals surface area contributed by atoms with Crippen molar-refractivity contribution in [3.8, 4) is 0 Å². The third-order valence-corrected chi connectivity index (χ3v) is 6.31. The first-order valence-corrected chi connectivity index (χ1v) is 12.0. The summed E-state index contributed by atoms with van der Waals surface area (Å²) >= 11 is 0. The molecule has 2 aromatic rings. The van der Waals surface area contributed by atoms with E-state index < -0.39 is 27.5 Å². The molecule has 0 aliphatic carbocycles. The number of amides is 2. The number of para-hydroxylation sites is 1. The van der Waals surface area contributed by atoms with Crippen LogP contribution in [0.4, 0.5) is 0 Å². The third-order valence-electron chi connectivity index (χ3n) is 5.50. The normalized spacial score (nSPS) is 18.2. The zero-order valence-electron chi connectivity index (χ0n) is 17.4. The minimum Gasteiger partial charge on any atom is -0.350 e. The number of aryl methyl sites for hydroxylation is 1. The Morgan fingerprint density at radius 1 is 1.27 bits per heavy atom. The second-order valence-corrected chi connectivity index (χ2v) is 10.2. The number of benzene rings is 1. The van der Waals surface area contributed by atoms with Gasteiger partial charge in [-0.3, -0.25) is 14.4 Å². The molecule has 2 N–H and O–H groups in total. The van der Waals surface area contributed by atoms with Crippen molar-refractivity contribution in [2.45, 2.75) is 32.7 Å². The van der Waals surface area contributed by atoms with E-state index in [2.05, 4.69) is 10.3 Å². The van der Waals surface area contributed by atoms with Crippen LogP contribution in [0, 0.1) is 12.8 Å². The Bertz CT molecular complexity index is 1090. The van der Waals surface area contributed by atoms with Crippen LogP contribution in [0.2, 0.25) is 0 Å². The van der Waals surface area contributed by atoms with Gasteiger partial charge in [-0.2, -0.15) is 0 Å². The first kappa shape index (κ1) is 22.0. The molecular formula is C21H27N3O5S. The lowest BCUT2D eigenvalue weighted by atomic mass is 9.94. The molecule has 1 aromatic heterocycles. The molecule has 2 amide bonds. The molecule has 162 valence electrons. The number of aromatic nitrogens is 1. The van der Waals surface area contributed by atoms with E-state index in [0.717, 1.165) is 22.7 Å². The summed E-state index contributed by atoms with van der Waals surface area (Å²) in [5, 5.41) is 3.68. The van der Waals surface area contributed by atoms with Gasteiger partial charge in [-0.15, -0.1) is 0 Å². The van der Waals surface area contributed by atoms with Crippen LogP contribution >= 0.6 is 0 Å². The van der Waals surface area contributed by atoms with Crippen LogP contribution < -0.4 is 5.32 Å². The van der Waals surface area contributed by atoms with Crippen molar-refractivity contribution in [1.29, 1.82) is 0 Å². The highest BCUT2D eigenvalue weighted by molar-refractivity contribution is 7.91. The van der Waals surface area contributed by atoms with Crippen LogP contribution in [0.15, 0.2) is 24.3 Å². The molecule has 0 radical (unpaired) electrons. The number of Topliss-reactive ketones (excluding diaryl/α,β-unsaturated/α-hetero) is 1. The molecule has 0 saturated carbocycles. The standard InChI is InChI=1S/C21H27N3O5S/c1-13-16-8-4-5-9-17(16)23-19(13)20(26)22-14(2)21(27)24-10-6-7-15(11-24)18(25)12-30(3,28)29/h4-5,8-9,14-15,23H,6-7,10-12H2,1-3H3,(H,22,26)/t14-,15+/m1/s1. The van der Waals surface area contributed by atoms with Gasteiger partial charge >= 0.3 is 0 Å². The lowest BCUT2D eigenvalue weighted by Gasteiger charge is -2.33. The van der Waals surface area contributed by atoms with E-state index in [1.165, 1.54) is 4.90 Å². The topological polar surface area (TPSA) is 116 Å². The zero-order chi connectivity index (χ0) is 22.1. The maximum Gasteiger partial charge on any atom is 0.268 e. The Labute approximate surface area is 175 Å². The smallest absolute Gasteiger partial charge is 0.268 e. The molecule has 1 aliphatic rings. The summed E-state index contributed by atoms with van der Waals surface area (Å²) < 4.78 is 22.8. The number of hydrogen-bond acceptors (Lipinski definition) is 5. The quantitative estimate of drug-likeness (QED) is 0.715. The van der Waals surface area contributed by atoms with Gasteiger partial charge in [0.05, 0.1) is 0 Å². The first-order valence-electron chi connectivity index (χ1n) is 9.94. The number of hydrogen-bond donors (Lipinski definition) is 2. The number of carbonyl (C=O) groups excluding carboxylic acids is 3. The summed E-state index contributed by atoms with van der Waals surface area (Å²) in [7, 11) is -3.40. The monoisotopic (exact) mass is 433 g/mol. The Morgan fingerprint density at radius 2 is 1.97 bits per heavy atom. The highest BCUT2D eigenvalue weighted by atomic mass is 32.2. The van der Waals surface area contributed by atoms with Crippen LogP contribution in [0.5, 0.6) is 0 Å². The van der Waals surface area contributed by atoms with E-state index >= 15 is 0 Å². The second-order valence-electron chi connectivity index (χ2n) is 8.03. The van der Waals surface area contributed by atoms with E-state index in [4.69, 9.17) is 0 Å². The summed E-state index contributed by atoms with van der Waals surface area (Å²) in [6, 6.07) is 6.81. The van der Waals surface area contributed by atoms with E-state index in [0.29, 0.717) is 25.1 Å². The largest absolute Gasteiger partial charge is 0.350 e. The molecule has 8 nitrogen and oxygen atoms in total. The van der Waals surface area contributed by atoms with Crippen molar-refractivity contribution in [2.24, 2.45) is 5.92 Å². The average molecular weight is 434 g/mol. The molecule has 3 rings (SSSR count). The van der Waals surface area contributed by atoms with Crippen molar-refractivity contribution >= 4 is 38.3 Å². The fraction of sp³-hybridized carbons (Fsp3) is 0.476. The predicted octanol–water partition coefficient (Wildman–Crippen LogP) is 1.45. The maximum atomic E-state index is 12.8. The number of aromatic amines is 1. The van der Waals surface area contributed by atoms with Crippen molar-refractivity contribution in [1.82, 2.24) is 15.2 Å². The number of likely N-dealkylation sites (tertiary alicyclic amines) is 1. The van der Waals surface area contributed by atoms with Crippen molar-refractivity contribution in [2.75, 3.05) is 25.1 Å². The van der Waals surface area contributed by atoms with Gasteiger partial charge in [0.25, 0.3) is 5.91 Å². The number of ketones is 1. The Kier molecular flexibility index (Phi) is 6.30. The average Bonchev–Trinajstić information content (AvgIpc) is 3.03. The lowest BCUT2D eigenvalue weighted by Crippen LogP contribution is -2.51. The number of fused-ring (bicyclic) bond motifs is 1. The first-order chi connectivity index (χ1) is 14.1. The van der Waals surface area contributed by atoms with Crippen molar-refractivity contribution < 1.29 is 22.8 Å². The lowest BCUT2D eigenvalue weighted by molar-refractivity contribution is -0.136. The number of rotatable bonds is 6. The predicted molar refractivity (Wildman–Crippen MR) is 114 cm³/mol. The highest BCUT2D eigenvalue weighted by Crippen LogP contribution is 2.22. The summed E-state index contributed by atoms with van der Waals surface area (Å²) in [6.45, 7) is 4.12. The second kappa shape index (κ2) is 8.59. The molecule has 2 atom stereocenters. The molecule has 0 spiro atoms. The van der Waals surface area contributed by atoms with Gasteiger partial charge in [-0.1, -0.05) is 18.2 Å². The van der Waals surface area contributed by atoms with Crippen molar-refractivity contribution in [3.05, 3.63) is 35.5 Å². The maximum absolute atomic E-state index is 12.8. The molecular weight excluding hydrogens is 406 g/mol. The van der Waals surface area contributed by atoms with Gasteiger partial charge in [0, 0.05) is 36.2 Å². The Balaban J connectivity index is 1.65. The van der Waals surface area contributed by atoms with E-state index in [1.807, 2.05) is 31.2 Å². The van der Waals surface area contributed by atoms with E-state index in [9.17, 15) is 22.8 Å². The highest BCUT2D eigenvalue weighted by Gasteiger charge is 2.32. The fourth-order valence-corrected chi connectivity index (χ4v) is 4.68. The number of piperidine rings is 1. The summed E-state index contributed by atoms with van der Waals surface area (Å²) in [5.41, 5.74) is 2.07. The zero-order valence-corrected chi connectivity index (χ0v) is 18.2. The van der Waals surface area contributed by atoms with Gasteiger partial charge in [0.2, 0.25) is 5.91 Å². The SMILES string of the molecule is Cc1c(C(=O)N[C@H](C)C(=O)N2CCC[C@H](C(=O)CS(C)(=O)=O)C2)[nH]c2ccccc12. The molecule has 1 aromatic carbocycles. The van der Waals surface area contributed by atoms with Crippen molar-refractivity contribution in [3.63, 3.8) is 0 Å². The van der Waals surface area contributed by atoms with Gasteiger partial charge in [0.15, 0.2) is 15.6 Å². The molecule has 0 unspecified atom stereocenters. The summed E-state index contributed by atoms with van der Waals surface area (Å²) in [6.07, 6.45) is 2.21. The van der Waals surface area contributed by atoms with E-state index in [1.54, 1.807) is 6.92 Å². The molecule has 0 bridgehead atoms. The number of nitrogens with zero attached hydrogens (tertiary/aromatic N) is 1. The van der Waals surface area contributed by atoms with Gasteiger partial charge < -0.3 is 15.2 Å². The van der Waals surface area contributed by atoms with Crippen LogP contribution in [0.1, 0.15) is 35.8 Å². The van der Waals surface area contributed by atoms with Gasteiger partial charge in [-0.25, -0.2) is 8.42 Å². The Hall–Kier alpha value is -2.68. The van der Waals surface area contributed by atoms with Crippen LogP contribution in [-0.2, 0) is 19.4 Å². The minimum absolute atomic E-state index is 0.179. The number of sulfone groups is 1. The molecule has 1 saturated heterocycles. The fourth-order valence-electron chi connectivity index (χ4n) is 3.93.